The number of carbonyl (C=O) groups is 1. The van der Waals surface area contributed by atoms with Gasteiger partial charge < -0.3 is 14.6 Å². The molecule has 0 aliphatic heterocycles. The lowest BCUT2D eigenvalue weighted by molar-refractivity contribution is -0.147. The number of ether oxygens (including phenoxy) is 1. The minimum Gasteiger partial charge on any atom is -0.480 e. The molecular weight excluding hydrogens is 419 g/mol. The first-order valence-corrected chi connectivity index (χ1v) is 9.52. The normalized spacial score (nSPS) is 13.8. The van der Waals surface area contributed by atoms with Crippen LogP contribution in [-0.2, 0) is 13.5 Å². The molecule has 0 aliphatic rings. The van der Waals surface area contributed by atoms with Gasteiger partial charge in [0.1, 0.15) is 11.2 Å². The Kier molecular flexibility index (Phi) is 5.99. The Labute approximate surface area is 176 Å². The minimum absolute atomic E-state index is 0.00315. The average molecular weight is 440 g/mol. The van der Waals surface area contributed by atoms with Crippen molar-refractivity contribution in [1.29, 1.82) is 0 Å². The summed E-state index contributed by atoms with van der Waals surface area (Å²) in [6.45, 7) is 1.37. The van der Waals surface area contributed by atoms with Gasteiger partial charge in [-0.25, -0.2) is 0 Å². The zero-order chi connectivity index (χ0) is 22.1. The van der Waals surface area contributed by atoms with E-state index in [0.717, 1.165) is 0 Å². The first kappa shape index (κ1) is 22.0. The lowest BCUT2D eigenvalue weighted by Crippen LogP contribution is -2.50. The predicted octanol–water partition coefficient (Wildman–Crippen LogP) is 4.92. The second-order valence-electron chi connectivity index (χ2n) is 7.47. The van der Waals surface area contributed by atoms with Crippen molar-refractivity contribution in [2.24, 2.45) is 7.05 Å². The molecule has 0 radical (unpaired) electrons. The van der Waals surface area contributed by atoms with Gasteiger partial charge in [-0.2, -0.15) is 18.2 Å². The van der Waals surface area contributed by atoms with E-state index < -0.39 is 24.0 Å². The smallest absolute Gasteiger partial charge is 0.391 e. The van der Waals surface area contributed by atoms with Crippen LogP contribution in [0, 0.1) is 0 Å². The molecule has 1 atom stereocenters. The van der Waals surface area contributed by atoms with Gasteiger partial charge in [-0.15, -0.1) is 0 Å². The molecule has 9 heteroatoms. The van der Waals surface area contributed by atoms with Crippen LogP contribution in [0.4, 0.5) is 13.2 Å². The van der Waals surface area contributed by atoms with Gasteiger partial charge in [0.15, 0.2) is 0 Å². The van der Waals surface area contributed by atoms with Crippen LogP contribution in [-0.4, -0.2) is 34.3 Å². The lowest BCUT2D eigenvalue weighted by atomic mass is 9.88. The maximum absolute atomic E-state index is 13.3. The quantitative estimate of drug-likeness (QED) is 0.593. The summed E-state index contributed by atoms with van der Waals surface area (Å²) in [6, 6.07) is 10.2. The number of nitrogens with one attached hydrogen (secondary N) is 1. The van der Waals surface area contributed by atoms with Crippen LogP contribution in [0.2, 0.25) is 5.02 Å². The number of nitrogens with zero attached hydrogens (tertiary/aromatic N) is 2. The maximum Gasteiger partial charge on any atom is 0.391 e. The highest BCUT2D eigenvalue weighted by molar-refractivity contribution is 6.35. The highest BCUT2D eigenvalue weighted by atomic mass is 35.5. The Hall–Kier alpha value is -2.74. The number of pyridine rings is 1. The summed E-state index contributed by atoms with van der Waals surface area (Å²) in [5, 5.41) is 3.43. The number of rotatable bonds is 6. The molecule has 30 heavy (non-hydrogen) atoms. The molecule has 1 N–H and O–H groups in total. The summed E-state index contributed by atoms with van der Waals surface area (Å²) in [4.78, 5) is 17.3. The van der Waals surface area contributed by atoms with Crippen LogP contribution >= 0.6 is 11.6 Å². The first-order valence-electron chi connectivity index (χ1n) is 9.14. The van der Waals surface area contributed by atoms with E-state index in [1.807, 2.05) is 0 Å². The zero-order valence-electron chi connectivity index (χ0n) is 16.7. The number of amides is 1. The summed E-state index contributed by atoms with van der Waals surface area (Å²) in [6.07, 6.45) is -4.02. The number of benzene rings is 1. The van der Waals surface area contributed by atoms with E-state index in [1.165, 1.54) is 20.1 Å². The molecule has 2 aromatic heterocycles. The molecule has 1 aromatic carbocycles. The van der Waals surface area contributed by atoms with E-state index in [0.29, 0.717) is 21.6 Å². The monoisotopic (exact) mass is 439 g/mol. The standard InChI is InChI=1S/C21H21ClF3N3O2/c1-20(12-21(23,24)25,10-13-7-5-4-6-8-13)27-18(29)15-9-14-16(22)11-28(2)17(14)26-19(15)30-3/h4-9,11H,10,12H2,1-3H3,(H,27,29). The number of halogens is 4. The van der Waals surface area contributed by atoms with E-state index >= 15 is 0 Å². The van der Waals surface area contributed by atoms with E-state index in [1.54, 1.807) is 48.1 Å². The Morgan fingerprint density at radius 3 is 2.53 bits per heavy atom. The van der Waals surface area contributed by atoms with Crippen molar-refractivity contribution < 1.29 is 22.7 Å². The molecular formula is C21H21ClF3N3O2. The molecule has 3 rings (SSSR count). The van der Waals surface area contributed by atoms with Crippen molar-refractivity contribution in [3.05, 3.63) is 58.7 Å². The third-order valence-electron chi connectivity index (χ3n) is 4.75. The molecule has 0 fully saturated rings. The van der Waals surface area contributed by atoms with Crippen molar-refractivity contribution in [3.63, 3.8) is 0 Å². The largest absolute Gasteiger partial charge is 0.480 e. The van der Waals surface area contributed by atoms with Gasteiger partial charge in [-0.05, 0) is 25.0 Å². The van der Waals surface area contributed by atoms with E-state index in [-0.39, 0.29) is 17.9 Å². The molecule has 3 aromatic rings. The molecule has 2 heterocycles. The molecule has 5 nitrogen and oxygen atoms in total. The van der Waals surface area contributed by atoms with E-state index in [2.05, 4.69) is 10.3 Å². The number of aryl methyl sites for hydroxylation is 1. The number of carbonyl (C=O) groups excluding carboxylic acids is 1. The number of aromatic nitrogens is 2. The number of methoxy groups -OCH3 is 1. The lowest BCUT2D eigenvalue weighted by Gasteiger charge is -2.32. The van der Waals surface area contributed by atoms with Gasteiger partial charge in [-0.1, -0.05) is 41.9 Å². The van der Waals surface area contributed by atoms with Crippen LogP contribution in [0.15, 0.2) is 42.6 Å². The summed E-state index contributed by atoms with van der Waals surface area (Å²) in [5.74, 6) is -0.712. The molecule has 0 bridgehead atoms. The molecule has 0 saturated heterocycles. The van der Waals surface area contributed by atoms with Gasteiger partial charge in [0.25, 0.3) is 5.91 Å². The predicted molar refractivity (Wildman–Crippen MR) is 109 cm³/mol. The topological polar surface area (TPSA) is 56.1 Å². The number of alkyl halides is 3. The maximum atomic E-state index is 13.3. The summed E-state index contributed by atoms with van der Waals surface area (Å²) in [7, 11) is 3.08. The Bertz CT molecular complexity index is 1070. The van der Waals surface area contributed by atoms with Crippen LogP contribution < -0.4 is 10.1 Å². The fourth-order valence-electron chi connectivity index (χ4n) is 3.53. The third-order valence-corrected chi connectivity index (χ3v) is 5.05. The van der Waals surface area contributed by atoms with Crippen molar-refractivity contribution in [2.45, 2.75) is 31.5 Å². The zero-order valence-corrected chi connectivity index (χ0v) is 17.4. The van der Waals surface area contributed by atoms with Crippen LogP contribution in [0.3, 0.4) is 0 Å². The SMILES string of the molecule is COc1nc2c(cc1C(=O)NC(C)(Cc1ccccc1)CC(F)(F)F)c(Cl)cn2C. The Morgan fingerprint density at radius 2 is 1.93 bits per heavy atom. The van der Waals surface area contributed by atoms with Gasteiger partial charge >= 0.3 is 6.18 Å². The number of hydrogen-bond acceptors (Lipinski definition) is 3. The molecule has 1 amide bonds. The molecule has 1 unspecified atom stereocenters. The summed E-state index contributed by atoms with van der Waals surface area (Å²) in [5.41, 5.74) is -0.386. The van der Waals surface area contributed by atoms with Gasteiger partial charge in [-0.3, -0.25) is 4.79 Å². The second-order valence-corrected chi connectivity index (χ2v) is 7.88. The van der Waals surface area contributed by atoms with E-state index in [4.69, 9.17) is 16.3 Å². The third kappa shape index (κ3) is 4.87. The number of fused-ring (bicyclic) bond motifs is 1. The molecule has 0 spiro atoms. The Morgan fingerprint density at radius 1 is 1.27 bits per heavy atom. The fraction of sp³-hybridized carbons (Fsp3) is 0.333. The molecule has 0 saturated carbocycles. The van der Waals surface area contributed by atoms with Crippen LogP contribution in [0.5, 0.6) is 5.88 Å². The Balaban J connectivity index is 1.98. The van der Waals surface area contributed by atoms with Gasteiger partial charge in [0.05, 0.1) is 24.1 Å². The second kappa shape index (κ2) is 8.18. The van der Waals surface area contributed by atoms with Gasteiger partial charge in [0, 0.05) is 18.6 Å². The van der Waals surface area contributed by atoms with Crippen molar-refractivity contribution in [2.75, 3.05) is 7.11 Å². The fourth-order valence-corrected chi connectivity index (χ4v) is 3.82. The minimum atomic E-state index is -4.47. The van der Waals surface area contributed by atoms with E-state index in [9.17, 15) is 18.0 Å². The van der Waals surface area contributed by atoms with Crippen molar-refractivity contribution in [3.8, 4) is 5.88 Å². The first-order chi connectivity index (χ1) is 14.0. The van der Waals surface area contributed by atoms with Gasteiger partial charge in [0.2, 0.25) is 5.88 Å². The van der Waals surface area contributed by atoms with Crippen molar-refractivity contribution >= 4 is 28.5 Å². The number of hydrogen-bond donors (Lipinski definition) is 1. The van der Waals surface area contributed by atoms with Crippen molar-refractivity contribution in [1.82, 2.24) is 14.9 Å². The average Bonchev–Trinajstić information content (AvgIpc) is 2.92. The molecule has 160 valence electrons. The molecule has 0 aliphatic carbocycles. The summed E-state index contributed by atoms with van der Waals surface area (Å²) < 4.78 is 46.8. The highest BCUT2D eigenvalue weighted by Crippen LogP contribution is 2.32. The van der Waals surface area contributed by atoms with Crippen LogP contribution in [0.1, 0.15) is 29.3 Å². The van der Waals surface area contributed by atoms with Crippen LogP contribution in [0.25, 0.3) is 11.0 Å². The summed E-state index contributed by atoms with van der Waals surface area (Å²) >= 11 is 6.20. The highest BCUT2D eigenvalue weighted by Gasteiger charge is 2.41.